The lowest BCUT2D eigenvalue weighted by atomic mass is 10.1. The van der Waals surface area contributed by atoms with Crippen LogP contribution in [-0.4, -0.2) is 23.4 Å². The summed E-state index contributed by atoms with van der Waals surface area (Å²) in [5.74, 6) is -1.20. The van der Waals surface area contributed by atoms with Gasteiger partial charge in [0, 0.05) is 11.0 Å². The van der Waals surface area contributed by atoms with Crippen LogP contribution in [0.25, 0.3) is 6.08 Å². The van der Waals surface area contributed by atoms with Crippen LogP contribution in [0.5, 0.6) is 0 Å². The minimum atomic E-state index is -0.663. The molecule has 0 bridgehead atoms. The molecule has 2 rings (SSSR count). The Morgan fingerprint density at radius 3 is 2.69 bits per heavy atom. The van der Waals surface area contributed by atoms with E-state index in [-0.39, 0.29) is 12.4 Å². The Hall–Kier alpha value is -2.94. The summed E-state index contributed by atoms with van der Waals surface area (Å²) in [7, 11) is 0. The normalized spacial score (nSPS) is 10.9. The van der Waals surface area contributed by atoms with Gasteiger partial charge >= 0.3 is 11.9 Å². The van der Waals surface area contributed by atoms with Crippen molar-refractivity contribution >= 4 is 40.2 Å². The number of nitro groups is 1. The Bertz CT molecular complexity index is 865. The van der Waals surface area contributed by atoms with Crippen LogP contribution in [0.1, 0.15) is 40.4 Å². The van der Waals surface area contributed by atoms with Gasteiger partial charge in [-0.3, -0.25) is 14.9 Å². The Morgan fingerprint density at radius 1 is 1.38 bits per heavy atom. The van der Waals surface area contributed by atoms with E-state index in [1.54, 1.807) is 6.92 Å². The molecule has 2 heterocycles. The minimum absolute atomic E-state index is 0.175. The van der Waals surface area contributed by atoms with Crippen molar-refractivity contribution in [1.82, 2.24) is 0 Å². The van der Waals surface area contributed by atoms with Crippen LogP contribution in [-0.2, 0) is 16.0 Å². The van der Waals surface area contributed by atoms with Gasteiger partial charge in [0.15, 0.2) is 0 Å². The number of esters is 1. The molecule has 0 atom stereocenters. The zero-order valence-corrected chi connectivity index (χ0v) is 15.3. The van der Waals surface area contributed by atoms with Crippen LogP contribution in [0.2, 0.25) is 0 Å². The van der Waals surface area contributed by atoms with E-state index in [1.807, 2.05) is 13.8 Å². The van der Waals surface area contributed by atoms with E-state index in [4.69, 9.17) is 9.15 Å². The molecule has 0 aliphatic heterocycles. The predicted molar refractivity (Wildman–Crippen MR) is 97.4 cm³/mol. The summed E-state index contributed by atoms with van der Waals surface area (Å²) >= 11 is 1.30. The second-order valence-corrected chi connectivity index (χ2v) is 6.40. The third kappa shape index (κ3) is 4.37. The van der Waals surface area contributed by atoms with E-state index in [1.165, 1.54) is 35.6 Å². The molecule has 0 unspecified atom stereocenters. The molecule has 1 amide bonds. The third-order valence-corrected chi connectivity index (χ3v) is 4.53. The van der Waals surface area contributed by atoms with Crippen molar-refractivity contribution in [3.63, 3.8) is 0 Å². The number of nitrogens with one attached hydrogen (secondary N) is 1. The molecule has 0 fully saturated rings. The van der Waals surface area contributed by atoms with Crippen molar-refractivity contribution in [2.75, 3.05) is 11.9 Å². The highest BCUT2D eigenvalue weighted by Gasteiger charge is 2.23. The van der Waals surface area contributed by atoms with Crippen molar-refractivity contribution in [2.24, 2.45) is 0 Å². The van der Waals surface area contributed by atoms with Crippen molar-refractivity contribution < 1.29 is 23.7 Å². The highest BCUT2D eigenvalue weighted by atomic mass is 32.1. The first-order valence-corrected chi connectivity index (χ1v) is 8.71. The first kappa shape index (κ1) is 19.4. The maximum Gasteiger partial charge on any atom is 0.433 e. The number of hydrogen-bond acceptors (Lipinski definition) is 7. The summed E-state index contributed by atoms with van der Waals surface area (Å²) in [6.07, 6.45) is 3.13. The topological polar surface area (TPSA) is 112 Å². The molecule has 8 nitrogen and oxygen atoms in total. The highest BCUT2D eigenvalue weighted by Crippen LogP contribution is 2.34. The van der Waals surface area contributed by atoms with Crippen molar-refractivity contribution in [1.29, 1.82) is 0 Å². The number of aryl methyl sites for hydroxylation is 1. The number of rotatable bonds is 7. The molecular weight excluding hydrogens is 360 g/mol. The lowest BCUT2D eigenvalue weighted by molar-refractivity contribution is -0.402. The summed E-state index contributed by atoms with van der Waals surface area (Å²) in [4.78, 5) is 35.2. The van der Waals surface area contributed by atoms with E-state index >= 15 is 0 Å². The zero-order valence-electron chi connectivity index (χ0n) is 14.5. The maximum absolute atomic E-state index is 12.2. The predicted octanol–water partition coefficient (Wildman–Crippen LogP) is 3.95. The first-order valence-electron chi connectivity index (χ1n) is 7.90. The van der Waals surface area contributed by atoms with Crippen LogP contribution in [0.4, 0.5) is 10.9 Å². The highest BCUT2D eigenvalue weighted by molar-refractivity contribution is 7.16. The molecular formula is C17H18N2O6S. The second kappa shape index (κ2) is 8.43. The quantitative estimate of drug-likeness (QED) is 0.338. The first-order chi connectivity index (χ1) is 12.4. The molecule has 9 heteroatoms. The molecule has 1 N–H and O–H groups in total. The fourth-order valence-electron chi connectivity index (χ4n) is 2.35. The average Bonchev–Trinajstić information content (AvgIpc) is 3.17. The molecule has 2 aromatic heterocycles. The Morgan fingerprint density at radius 2 is 2.12 bits per heavy atom. The molecule has 0 saturated carbocycles. The summed E-state index contributed by atoms with van der Waals surface area (Å²) in [6, 6.07) is 2.59. The number of amides is 1. The monoisotopic (exact) mass is 378 g/mol. The van der Waals surface area contributed by atoms with Gasteiger partial charge in [-0.2, -0.15) is 0 Å². The van der Waals surface area contributed by atoms with E-state index in [2.05, 4.69) is 5.32 Å². The van der Waals surface area contributed by atoms with Crippen LogP contribution in [0, 0.1) is 17.0 Å². The summed E-state index contributed by atoms with van der Waals surface area (Å²) < 4.78 is 10.0. The maximum atomic E-state index is 12.2. The number of ether oxygens (including phenoxy) is 1. The van der Waals surface area contributed by atoms with Gasteiger partial charge < -0.3 is 14.5 Å². The largest absolute Gasteiger partial charge is 0.462 e. The number of hydrogen-bond donors (Lipinski definition) is 1. The lowest BCUT2D eigenvalue weighted by Crippen LogP contribution is -2.13. The molecule has 0 aromatic carbocycles. The van der Waals surface area contributed by atoms with Gasteiger partial charge in [-0.1, -0.05) is 6.92 Å². The van der Waals surface area contributed by atoms with E-state index in [0.717, 1.165) is 10.4 Å². The molecule has 0 aliphatic rings. The van der Waals surface area contributed by atoms with E-state index in [0.29, 0.717) is 17.0 Å². The van der Waals surface area contributed by atoms with Gasteiger partial charge in [0.1, 0.15) is 15.7 Å². The number of furan rings is 1. The zero-order chi connectivity index (χ0) is 19.3. The Balaban J connectivity index is 2.18. The standard InChI is InChI=1S/C17H18N2O6S/c1-4-12-10(3)26-16(15(12)17(21)24-5-2)18-13(20)8-6-11-7-9-14(25-11)19(22)23/h6-9H,4-5H2,1-3H3,(H,18,20)/b8-6+. The fraction of sp³-hybridized carbons (Fsp3) is 0.294. The van der Waals surface area contributed by atoms with Gasteiger partial charge in [-0.15, -0.1) is 11.3 Å². The molecule has 0 radical (unpaired) electrons. The van der Waals surface area contributed by atoms with E-state index < -0.39 is 22.7 Å². The number of carbonyl (C=O) groups is 2. The minimum Gasteiger partial charge on any atom is -0.462 e. The fourth-order valence-corrected chi connectivity index (χ4v) is 3.49. The van der Waals surface area contributed by atoms with Gasteiger partial charge in [0.25, 0.3) is 0 Å². The molecule has 0 aliphatic carbocycles. The molecule has 0 saturated heterocycles. The van der Waals surface area contributed by atoms with Crippen molar-refractivity contribution in [3.8, 4) is 0 Å². The Kier molecular flexibility index (Phi) is 6.29. The molecule has 2 aromatic rings. The Labute approximate surface area is 153 Å². The number of anilines is 1. The molecule has 26 heavy (non-hydrogen) atoms. The number of thiophene rings is 1. The van der Waals surface area contributed by atoms with Crippen LogP contribution < -0.4 is 5.32 Å². The van der Waals surface area contributed by atoms with Crippen LogP contribution >= 0.6 is 11.3 Å². The second-order valence-electron chi connectivity index (χ2n) is 5.17. The van der Waals surface area contributed by atoms with Crippen molar-refractivity contribution in [2.45, 2.75) is 27.2 Å². The number of nitrogens with zero attached hydrogens (tertiary/aromatic N) is 1. The third-order valence-electron chi connectivity index (χ3n) is 3.47. The van der Waals surface area contributed by atoms with Gasteiger partial charge in [0.05, 0.1) is 18.2 Å². The smallest absolute Gasteiger partial charge is 0.433 e. The SMILES string of the molecule is CCOC(=O)c1c(NC(=O)/C=C/c2ccc([N+](=O)[O-])o2)sc(C)c1CC. The van der Waals surface area contributed by atoms with Gasteiger partial charge in [0.2, 0.25) is 5.91 Å². The molecule has 0 spiro atoms. The lowest BCUT2D eigenvalue weighted by Gasteiger charge is -2.06. The van der Waals surface area contributed by atoms with Gasteiger partial charge in [-0.25, -0.2) is 4.79 Å². The van der Waals surface area contributed by atoms with Crippen LogP contribution in [0.15, 0.2) is 22.6 Å². The number of carbonyl (C=O) groups excluding carboxylic acids is 2. The van der Waals surface area contributed by atoms with E-state index in [9.17, 15) is 19.7 Å². The summed E-state index contributed by atoms with van der Waals surface area (Å²) in [5.41, 5.74) is 1.21. The van der Waals surface area contributed by atoms with Gasteiger partial charge in [-0.05, 0) is 38.0 Å². The molecule has 138 valence electrons. The average molecular weight is 378 g/mol. The van der Waals surface area contributed by atoms with Crippen molar-refractivity contribution in [3.05, 3.63) is 50.1 Å². The summed E-state index contributed by atoms with van der Waals surface area (Å²) in [5, 5.41) is 13.7. The van der Waals surface area contributed by atoms with Crippen LogP contribution in [0.3, 0.4) is 0 Å². The summed E-state index contributed by atoms with van der Waals surface area (Å²) in [6.45, 7) is 5.75.